The Bertz CT molecular complexity index is 595. The number of benzene rings is 2. The fourth-order valence-corrected chi connectivity index (χ4v) is 1.81. The molecule has 0 fully saturated rings. The Labute approximate surface area is 124 Å². The lowest BCUT2D eigenvalue weighted by molar-refractivity contribution is -0.123. The van der Waals surface area contributed by atoms with Crippen molar-refractivity contribution in [2.75, 3.05) is 6.61 Å². The van der Waals surface area contributed by atoms with Crippen LogP contribution in [0.15, 0.2) is 65.8 Å². The molecule has 2 aromatic carbocycles. The summed E-state index contributed by atoms with van der Waals surface area (Å²) in [5.74, 6) is 0.385. The third-order valence-corrected chi connectivity index (χ3v) is 2.87. The summed E-state index contributed by atoms with van der Waals surface area (Å²) >= 11 is 0. The van der Waals surface area contributed by atoms with Gasteiger partial charge in [-0.1, -0.05) is 55.5 Å². The lowest BCUT2D eigenvalue weighted by atomic mass is 10.1. The Kier molecular flexibility index (Phi) is 5.52. The normalized spacial score (nSPS) is 11.0. The van der Waals surface area contributed by atoms with Crippen molar-refractivity contribution in [3.05, 3.63) is 66.2 Å². The van der Waals surface area contributed by atoms with E-state index in [-0.39, 0.29) is 12.5 Å². The van der Waals surface area contributed by atoms with Gasteiger partial charge in [0.05, 0.1) is 5.71 Å². The van der Waals surface area contributed by atoms with Crippen LogP contribution in [0.3, 0.4) is 0 Å². The van der Waals surface area contributed by atoms with Gasteiger partial charge in [0.1, 0.15) is 5.75 Å². The van der Waals surface area contributed by atoms with Gasteiger partial charge < -0.3 is 4.74 Å². The van der Waals surface area contributed by atoms with Crippen LogP contribution in [0.5, 0.6) is 5.75 Å². The summed E-state index contributed by atoms with van der Waals surface area (Å²) in [7, 11) is 0. The first-order valence-electron chi connectivity index (χ1n) is 6.88. The van der Waals surface area contributed by atoms with E-state index in [1.807, 2.05) is 55.5 Å². The van der Waals surface area contributed by atoms with Crippen LogP contribution in [0.2, 0.25) is 0 Å². The van der Waals surface area contributed by atoms with Gasteiger partial charge in [0.25, 0.3) is 5.91 Å². The van der Waals surface area contributed by atoms with Crippen LogP contribution in [-0.2, 0) is 4.79 Å². The zero-order chi connectivity index (χ0) is 14.9. The van der Waals surface area contributed by atoms with Crippen molar-refractivity contribution in [1.82, 2.24) is 5.43 Å². The molecule has 0 saturated heterocycles. The van der Waals surface area contributed by atoms with Gasteiger partial charge in [-0.05, 0) is 24.1 Å². The molecule has 0 bridgehead atoms. The molecule has 4 heteroatoms. The quantitative estimate of drug-likeness (QED) is 0.654. The molecule has 0 aliphatic heterocycles. The maximum Gasteiger partial charge on any atom is 0.277 e. The van der Waals surface area contributed by atoms with E-state index in [1.54, 1.807) is 12.1 Å². The van der Waals surface area contributed by atoms with Crippen LogP contribution in [-0.4, -0.2) is 18.2 Å². The predicted molar refractivity (Wildman–Crippen MR) is 83.3 cm³/mol. The van der Waals surface area contributed by atoms with Gasteiger partial charge in [-0.15, -0.1) is 0 Å². The van der Waals surface area contributed by atoms with E-state index in [0.717, 1.165) is 17.7 Å². The van der Waals surface area contributed by atoms with E-state index in [4.69, 9.17) is 4.74 Å². The first-order valence-corrected chi connectivity index (χ1v) is 6.88. The fraction of sp³-hybridized carbons (Fsp3) is 0.176. The van der Waals surface area contributed by atoms with Crippen LogP contribution in [0, 0.1) is 0 Å². The second-order valence-corrected chi connectivity index (χ2v) is 4.41. The molecular formula is C17H18N2O2. The highest BCUT2D eigenvalue weighted by atomic mass is 16.5. The van der Waals surface area contributed by atoms with Crippen LogP contribution < -0.4 is 10.2 Å². The number of hydrogen-bond donors (Lipinski definition) is 1. The van der Waals surface area contributed by atoms with Crippen molar-refractivity contribution >= 4 is 11.6 Å². The maximum absolute atomic E-state index is 11.7. The number of hydrogen-bond acceptors (Lipinski definition) is 3. The Morgan fingerprint density at radius 2 is 1.67 bits per heavy atom. The molecule has 0 radical (unpaired) electrons. The third kappa shape index (κ3) is 4.76. The molecule has 108 valence electrons. The highest BCUT2D eigenvalue weighted by Gasteiger charge is 2.04. The molecule has 0 aliphatic carbocycles. The summed E-state index contributed by atoms with van der Waals surface area (Å²) in [6.07, 6.45) is 0.740. The van der Waals surface area contributed by atoms with Crippen molar-refractivity contribution in [2.24, 2.45) is 5.10 Å². The third-order valence-electron chi connectivity index (χ3n) is 2.87. The highest BCUT2D eigenvalue weighted by Crippen LogP contribution is 2.07. The molecule has 2 aromatic rings. The molecule has 0 unspecified atom stereocenters. The largest absolute Gasteiger partial charge is 0.484 e. The van der Waals surface area contributed by atoms with E-state index in [9.17, 15) is 4.79 Å². The minimum Gasteiger partial charge on any atom is -0.484 e. The van der Waals surface area contributed by atoms with Gasteiger partial charge in [0.15, 0.2) is 6.61 Å². The average molecular weight is 282 g/mol. The van der Waals surface area contributed by atoms with Crippen LogP contribution in [0.1, 0.15) is 18.9 Å². The van der Waals surface area contributed by atoms with E-state index >= 15 is 0 Å². The molecule has 1 N–H and O–H groups in total. The standard InChI is InChI=1S/C17H18N2O2/c1-2-16(14-9-5-3-6-10-14)18-19-17(20)13-21-15-11-7-4-8-12-15/h3-12H,2,13H2,1H3,(H,19,20)/b18-16-. The van der Waals surface area contributed by atoms with Gasteiger partial charge in [-0.3, -0.25) is 4.79 Å². The number of ether oxygens (including phenoxy) is 1. The Hall–Kier alpha value is -2.62. The lowest BCUT2D eigenvalue weighted by Crippen LogP contribution is -2.26. The first-order chi connectivity index (χ1) is 10.3. The number of nitrogens with one attached hydrogen (secondary N) is 1. The molecule has 21 heavy (non-hydrogen) atoms. The highest BCUT2D eigenvalue weighted by molar-refractivity contribution is 6.00. The molecule has 0 saturated carbocycles. The summed E-state index contributed by atoms with van der Waals surface area (Å²) < 4.78 is 5.36. The summed E-state index contributed by atoms with van der Waals surface area (Å²) in [5, 5.41) is 4.16. The SMILES string of the molecule is CC/C(=N/NC(=O)COc1ccccc1)c1ccccc1. The maximum atomic E-state index is 11.7. The molecule has 0 atom stereocenters. The van der Waals surface area contributed by atoms with E-state index in [1.165, 1.54) is 0 Å². The monoisotopic (exact) mass is 282 g/mol. The molecule has 0 aromatic heterocycles. The summed E-state index contributed by atoms with van der Waals surface area (Å²) in [4.78, 5) is 11.7. The number of rotatable bonds is 6. The summed E-state index contributed by atoms with van der Waals surface area (Å²) in [6.45, 7) is 1.94. The number of para-hydroxylation sites is 1. The van der Waals surface area contributed by atoms with Gasteiger partial charge in [-0.25, -0.2) is 5.43 Å². The van der Waals surface area contributed by atoms with Crippen molar-refractivity contribution in [3.63, 3.8) is 0 Å². The van der Waals surface area contributed by atoms with Gasteiger partial charge >= 0.3 is 0 Å². The second kappa shape index (κ2) is 7.85. The number of hydrazone groups is 1. The molecule has 2 rings (SSSR count). The van der Waals surface area contributed by atoms with Crippen LogP contribution in [0.25, 0.3) is 0 Å². The molecule has 0 aliphatic rings. The van der Waals surface area contributed by atoms with Crippen LogP contribution >= 0.6 is 0 Å². The molecule has 0 spiro atoms. The number of carbonyl (C=O) groups excluding carboxylic acids is 1. The zero-order valence-corrected chi connectivity index (χ0v) is 12.0. The van der Waals surface area contributed by atoms with Gasteiger partial charge in [-0.2, -0.15) is 5.10 Å². The van der Waals surface area contributed by atoms with Crippen molar-refractivity contribution in [1.29, 1.82) is 0 Å². The van der Waals surface area contributed by atoms with Gasteiger partial charge in [0.2, 0.25) is 0 Å². The number of nitrogens with zero attached hydrogens (tertiary/aromatic N) is 1. The van der Waals surface area contributed by atoms with Crippen molar-refractivity contribution in [2.45, 2.75) is 13.3 Å². The van der Waals surface area contributed by atoms with E-state index < -0.39 is 0 Å². The number of carbonyl (C=O) groups is 1. The molecule has 4 nitrogen and oxygen atoms in total. The minimum absolute atomic E-state index is 0.0563. The summed E-state index contributed by atoms with van der Waals surface area (Å²) in [5.41, 5.74) is 4.37. The minimum atomic E-state index is -0.277. The van der Waals surface area contributed by atoms with Crippen molar-refractivity contribution in [3.8, 4) is 5.75 Å². The molecule has 0 heterocycles. The molecule has 1 amide bonds. The van der Waals surface area contributed by atoms with Crippen LogP contribution in [0.4, 0.5) is 0 Å². The lowest BCUT2D eigenvalue weighted by Gasteiger charge is -2.06. The summed E-state index contributed by atoms with van der Waals surface area (Å²) in [6, 6.07) is 19.0. The van der Waals surface area contributed by atoms with Gasteiger partial charge in [0, 0.05) is 0 Å². The van der Waals surface area contributed by atoms with E-state index in [0.29, 0.717) is 5.75 Å². The van der Waals surface area contributed by atoms with E-state index in [2.05, 4.69) is 10.5 Å². The van der Waals surface area contributed by atoms with Crippen molar-refractivity contribution < 1.29 is 9.53 Å². The fourth-order valence-electron chi connectivity index (χ4n) is 1.81. The Morgan fingerprint density at radius 3 is 2.29 bits per heavy atom. The molecular weight excluding hydrogens is 264 g/mol. The topological polar surface area (TPSA) is 50.7 Å². The smallest absolute Gasteiger partial charge is 0.277 e. The Balaban J connectivity index is 1.88. The second-order valence-electron chi connectivity index (χ2n) is 4.41. The predicted octanol–water partition coefficient (Wildman–Crippen LogP) is 3.00. The average Bonchev–Trinajstić information content (AvgIpc) is 2.55. The first kappa shape index (κ1) is 14.8. The zero-order valence-electron chi connectivity index (χ0n) is 12.0. The number of amides is 1. The Morgan fingerprint density at radius 1 is 1.05 bits per heavy atom.